The van der Waals surface area contributed by atoms with E-state index in [0.717, 1.165) is 81.9 Å². The van der Waals surface area contributed by atoms with Gasteiger partial charge < -0.3 is 10.2 Å². The first-order valence-electron chi connectivity index (χ1n) is 23.2. The Labute approximate surface area is 398 Å². The molecule has 8 rings (SSSR count). The molecular weight excluding hydrogens is 927 g/mol. The number of hydrogen-bond acceptors (Lipinski definition) is 11. The van der Waals surface area contributed by atoms with E-state index in [-0.39, 0.29) is 23.5 Å². The average molecular weight is 988 g/mol. The first-order chi connectivity index (χ1) is 31.8. The molecule has 3 aliphatic heterocycles. The summed E-state index contributed by atoms with van der Waals surface area (Å²) >= 11 is 7.72. The lowest BCUT2D eigenvalue weighted by atomic mass is 9.72. The molecule has 2 fully saturated rings. The van der Waals surface area contributed by atoms with Gasteiger partial charge in [-0.05, 0) is 143 Å². The summed E-state index contributed by atoms with van der Waals surface area (Å²) in [5.74, 6) is 0.381. The van der Waals surface area contributed by atoms with Crippen LogP contribution in [0.25, 0.3) is 5.57 Å². The predicted molar refractivity (Wildman–Crippen MR) is 257 cm³/mol. The predicted octanol–water partition coefficient (Wildman–Crippen LogP) is 9.77. The lowest BCUT2D eigenvalue weighted by molar-refractivity contribution is -0.0435. The van der Waals surface area contributed by atoms with Crippen LogP contribution in [0.3, 0.4) is 0 Å². The average Bonchev–Trinajstić information content (AvgIpc) is 3.83. The summed E-state index contributed by atoms with van der Waals surface area (Å²) in [5, 5.41) is 3.78. The number of alkyl halides is 3. The normalized spacial score (nSPS) is 20.4. The molecule has 11 nitrogen and oxygen atoms in total. The molecule has 1 aromatic heterocycles. The fourth-order valence-corrected chi connectivity index (χ4v) is 12.7. The smallest absolute Gasteiger partial charge is 0.380 e. The standard InChI is InChI=1S/C48H59ClF3N7O4S3/c1-47(2)21-16-35(42(29-47)34-10-12-36(49)13-11-34)30-58-25-18-38(19-26-58)59-27-20-41-44(31-59)53-33-54-46(41)56-66(62,63)40-14-15-43(45(28-40)65(60,61)48(50,51)52)55-37(17-24-57-22-6-7-23-57)32-64-39-8-4-3-5-9-39/h3-5,8-15,28,33,37-38,55H,6-7,16-27,29-32H2,1-2H3,(H,53,54,56)/t37-/m1/s1/i38D. The van der Waals surface area contributed by atoms with E-state index in [1.54, 1.807) is 0 Å². The van der Waals surface area contributed by atoms with Gasteiger partial charge in [-0.2, -0.15) is 13.2 Å². The summed E-state index contributed by atoms with van der Waals surface area (Å²) in [6.07, 6.45) is 8.53. The van der Waals surface area contributed by atoms with Crippen molar-refractivity contribution >= 4 is 60.3 Å². The number of piperidine rings is 1. The number of hydrogen-bond donors (Lipinski definition) is 2. The lowest BCUT2D eigenvalue weighted by Crippen LogP contribution is -2.47. The molecule has 0 amide bonds. The van der Waals surface area contributed by atoms with Crippen LogP contribution in [0, 0.1) is 5.41 Å². The van der Waals surface area contributed by atoms with E-state index in [4.69, 9.17) is 11.6 Å². The van der Waals surface area contributed by atoms with Crippen molar-refractivity contribution in [2.75, 3.05) is 61.6 Å². The molecule has 4 aliphatic rings. The number of sulfone groups is 1. The zero-order chi connectivity index (χ0) is 47.6. The molecule has 0 saturated carbocycles. The van der Waals surface area contributed by atoms with Gasteiger partial charge in [-0.15, -0.1) is 11.8 Å². The molecule has 2 saturated heterocycles. The van der Waals surface area contributed by atoms with Gasteiger partial charge in [0.25, 0.3) is 19.9 Å². The second-order valence-corrected chi connectivity index (χ2v) is 23.7. The van der Waals surface area contributed by atoms with Gasteiger partial charge in [0.1, 0.15) is 17.0 Å². The minimum atomic E-state index is -6.00. The van der Waals surface area contributed by atoms with Crippen molar-refractivity contribution in [2.45, 2.75) is 110 Å². The van der Waals surface area contributed by atoms with E-state index in [2.05, 4.69) is 60.7 Å². The number of aromatic nitrogens is 2. The van der Waals surface area contributed by atoms with Crippen molar-refractivity contribution in [2.24, 2.45) is 5.41 Å². The Balaban J connectivity index is 0.964. The molecule has 0 radical (unpaired) electrons. The molecule has 3 aromatic carbocycles. The molecule has 0 bridgehead atoms. The number of nitrogens with one attached hydrogen (secondary N) is 2. The van der Waals surface area contributed by atoms with Crippen LogP contribution < -0.4 is 10.0 Å². The molecule has 18 heteroatoms. The number of fused-ring (bicyclic) bond motifs is 1. The van der Waals surface area contributed by atoms with Gasteiger partial charge in [0, 0.05) is 60.8 Å². The molecule has 0 unspecified atom stereocenters. The molecule has 0 spiro atoms. The van der Waals surface area contributed by atoms with E-state index in [9.17, 15) is 31.4 Å². The SMILES string of the molecule is [2H]C1(N2CCc3c(ncnc3NS(=O)(=O)c3ccc(N[C@H](CCN4CCCC4)CSc4ccccc4)c(S(=O)(=O)C(F)(F)F)c3)C2)CCN(CC2=C(c3ccc(Cl)cc3)CC(C)(C)CC2)CC1. The van der Waals surface area contributed by atoms with Gasteiger partial charge in [-0.3, -0.25) is 14.5 Å². The molecule has 2 N–H and O–H groups in total. The third-order valence-electron chi connectivity index (χ3n) is 13.3. The molecule has 356 valence electrons. The van der Waals surface area contributed by atoms with E-state index in [1.807, 2.05) is 42.5 Å². The summed E-state index contributed by atoms with van der Waals surface area (Å²) in [4.78, 5) is 14.6. The molecule has 4 aromatic rings. The van der Waals surface area contributed by atoms with Crippen LogP contribution in [0.5, 0.6) is 0 Å². The van der Waals surface area contributed by atoms with Gasteiger partial charge in [0.15, 0.2) is 0 Å². The van der Waals surface area contributed by atoms with Gasteiger partial charge in [-0.25, -0.2) is 26.8 Å². The minimum Gasteiger partial charge on any atom is -0.380 e. The molecule has 1 atom stereocenters. The summed E-state index contributed by atoms with van der Waals surface area (Å²) in [6.45, 7) is 10.2. The summed E-state index contributed by atoms with van der Waals surface area (Å²) in [5.41, 5.74) is -0.726. The molecule has 66 heavy (non-hydrogen) atoms. The monoisotopic (exact) mass is 986 g/mol. The Morgan fingerprint density at radius 2 is 1.65 bits per heavy atom. The number of thioether (sulfide) groups is 1. The van der Waals surface area contributed by atoms with Crippen LogP contribution in [-0.4, -0.2) is 111 Å². The van der Waals surface area contributed by atoms with Gasteiger partial charge in [0.05, 0.1) is 16.3 Å². The van der Waals surface area contributed by atoms with Crippen LogP contribution in [0.4, 0.5) is 24.7 Å². The zero-order valence-corrected chi connectivity index (χ0v) is 40.6. The summed E-state index contributed by atoms with van der Waals surface area (Å²) < 4.78 is 109. The van der Waals surface area contributed by atoms with Crippen molar-refractivity contribution in [1.29, 1.82) is 0 Å². The van der Waals surface area contributed by atoms with Gasteiger partial charge in [0.2, 0.25) is 0 Å². The van der Waals surface area contributed by atoms with Crippen molar-refractivity contribution in [3.05, 3.63) is 107 Å². The van der Waals surface area contributed by atoms with Crippen LogP contribution in [-0.2, 0) is 32.8 Å². The van der Waals surface area contributed by atoms with Gasteiger partial charge in [-0.1, -0.05) is 61.4 Å². The number of nitrogens with zero attached hydrogens (tertiary/aromatic N) is 5. The van der Waals surface area contributed by atoms with E-state index >= 15 is 0 Å². The highest BCUT2D eigenvalue weighted by atomic mass is 35.5. The topological polar surface area (TPSA) is 128 Å². The minimum absolute atomic E-state index is 0.0405. The highest BCUT2D eigenvalue weighted by Crippen LogP contribution is 2.44. The Kier molecular flexibility index (Phi) is 14.7. The maximum absolute atomic E-state index is 14.3. The largest absolute Gasteiger partial charge is 0.501 e. The third kappa shape index (κ3) is 11.8. The van der Waals surface area contributed by atoms with Crippen LogP contribution >= 0.6 is 23.4 Å². The van der Waals surface area contributed by atoms with Crippen LogP contribution in [0.15, 0.2) is 99.4 Å². The Bertz CT molecular complexity index is 2650. The summed E-state index contributed by atoms with van der Waals surface area (Å²) in [6, 6.07) is 19.1. The number of benzene rings is 3. The zero-order valence-electron chi connectivity index (χ0n) is 38.4. The summed E-state index contributed by atoms with van der Waals surface area (Å²) in [7, 11) is -10.7. The molecule has 4 heterocycles. The fourth-order valence-electron chi connectivity index (χ4n) is 9.53. The molecular formula is C48H59ClF3N7O4S3. The van der Waals surface area contributed by atoms with Crippen molar-refractivity contribution in [3.8, 4) is 0 Å². The van der Waals surface area contributed by atoms with Gasteiger partial charge >= 0.3 is 5.51 Å². The quantitative estimate of drug-likeness (QED) is 0.104. The third-order valence-corrected chi connectivity index (χ3v) is 17.6. The van der Waals surface area contributed by atoms with E-state index in [0.29, 0.717) is 66.9 Å². The van der Waals surface area contributed by atoms with Crippen molar-refractivity contribution in [1.82, 2.24) is 24.7 Å². The first kappa shape index (κ1) is 47.4. The highest BCUT2D eigenvalue weighted by Gasteiger charge is 2.48. The second-order valence-electron chi connectivity index (χ2n) is 18.6. The van der Waals surface area contributed by atoms with Crippen LogP contribution in [0.2, 0.25) is 5.02 Å². The number of rotatable bonds is 16. The second kappa shape index (κ2) is 20.5. The van der Waals surface area contributed by atoms with E-state index < -0.39 is 47.2 Å². The Hall–Kier alpha value is -3.71. The molecule has 1 aliphatic carbocycles. The van der Waals surface area contributed by atoms with Crippen molar-refractivity contribution in [3.63, 3.8) is 0 Å². The number of halogens is 4. The Morgan fingerprint density at radius 1 is 0.924 bits per heavy atom. The maximum Gasteiger partial charge on any atom is 0.501 e. The van der Waals surface area contributed by atoms with E-state index in [1.165, 1.54) is 34.8 Å². The highest BCUT2D eigenvalue weighted by molar-refractivity contribution is 7.99. The number of likely N-dealkylation sites (tertiary alicyclic amines) is 2. The number of anilines is 2. The lowest BCUT2D eigenvalue weighted by Gasteiger charge is -2.41. The van der Waals surface area contributed by atoms with Crippen LogP contribution in [0.1, 0.15) is 83.4 Å². The number of sulfonamides is 1. The van der Waals surface area contributed by atoms with Crippen molar-refractivity contribution < 1.29 is 31.4 Å². The number of allylic oxidation sites excluding steroid dienone is 1. The Morgan fingerprint density at radius 3 is 2.36 bits per heavy atom. The maximum atomic E-state index is 14.3. The first-order valence-corrected chi connectivity index (χ1v) is 27.0. The fraction of sp³-hybridized carbons (Fsp3) is 0.500.